The lowest BCUT2D eigenvalue weighted by molar-refractivity contribution is -0.121. The number of halogens is 1. The third-order valence-corrected chi connectivity index (χ3v) is 6.12. The van der Waals surface area contributed by atoms with Crippen LogP contribution in [0, 0.1) is 5.92 Å². The van der Waals surface area contributed by atoms with Crippen molar-refractivity contribution in [2.75, 3.05) is 19.3 Å². The number of carbonyl (C=O) groups is 2. The molecule has 1 aromatic carbocycles. The van der Waals surface area contributed by atoms with E-state index in [4.69, 9.17) is 16.0 Å². The summed E-state index contributed by atoms with van der Waals surface area (Å²) in [6.45, 7) is 1.85. The van der Waals surface area contributed by atoms with Gasteiger partial charge < -0.3 is 14.6 Å². The van der Waals surface area contributed by atoms with Gasteiger partial charge in [0, 0.05) is 31.1 Å². The Kier molecular flexibility index (Phi) is 8.07. The molecule has 1 fully saturated rings. The van der Waals surface area contributed by atoms with Crippen LogP contribution < -0.4 is 5.32 Å². The number of piperidine rings is 1. The number of nitrogens with zero attached hydrogens (tertiary/aromatic N) is 1. The van der Waals surface area contributed by atoms with Crippen LogP contribution in [0.2, 0.25) is 5.02 Å². The van der Waals surface area contributed by atoms with Crippen LogP contribution in [0.1, 0.15) is 47.6 Å². The Labute approximate surface area is 181 Å². The molecule has 29 heavy (non-hydrogen) atoms. The number of furan rings is 1. The summed E-state index contributed by atoms with van der Waals surface area (Å²) in [5, 5.41) is 3.59. The Morgan fingerprint density at radius 3 is 2.90 bits per heavy atom. The van der Waals surface area contributed by atoms with Crippen molar-refractivity contribution in [1.29, 1.82) is 0 Å². The Hall–Kier alpha value is -1.92. The maximum atomic E-state index is 12.7. The molecule has 0 aliphatic carbocycles. The highest BCUT2D eigenvalue weighted by atomic mass is 35.5. The van der Waals surface area contributed by atoms with Crippen molar-refractivity contribution < 1.29 is 14.0 Å². The summed E-state index contributed by atoms with van der Waals surface area (Å²) in [7, 11) is 0. The zero-order valence-corrected chi connectivity index (χ0v) is 18.2. The zero-order chi connectivity index (χ0) is 20.6. The molecule has 1 aliphatic rings. The monoisotopic (exact) mass is 434 g/mol. The van der Waals surface area contributed by atoms with Crippen LogP contribution in [-0.4, -0.2) is 36.1 Å². The highest BCUT2D eigenvalue weighted by Gasteiger charge is 2.26. The molecular weight excluding hydrogens is 408 g/mol. The maximum absolute atomic E-state index is 12.7. The molecule has 0 bridgehead atoms. The molecule has 1 unspecified atom stereocenters. The molecule has 1 N–H and O–H groups in total. The lowest BCUT2D eigenvalue weighted by Crippen LogP contribution is -2.40. The normalized spacial score (nSPS) is 16.6. The van der Waals surface area contributed by atoms with Crippen LogP contribution in [0.4, 0.5) is 0 Å². The molecule has 1 aliphatic heterocycles. The van der Waals surface area contributed by atoms with Crippen molar-refractivity contribution >= 4 is 35.2 Å². The largest absolute Gasteiger partial charge is 0.455 e. The van der Waals surface area contributed by atoms with E-state index in [0.29, 0.717) is 36.2 Å². The summed E-state index contributed by atoms with van der Waals surface area (Å²) in [6, 6.07) is 11.1. The molecule has 5 nitrogen and oxygen atoms in total. The van der Waals surface area contributed by atoms with Gasteiger partial charge in [-0.2, -0.15) is 11.8 Å². The fourth-order valence-corrected chi connectivity index (χ4v) is 4.26. The fraction of sp³-hybridized carbons (Fsp3) is 0.455. The summed E-state index contributed by atoms with van der Waals surface area (Å²) in [6.07, 6.45) is 5.22. The lowest BCUT2D eigenvalue weighted by Gasteiger charge is -2.32. The second-order valence-corrected chi connectivity index (χ2v) is 8.64. The van der Waals surface area contributed by atoms with Gasteiger partial charge in [0.05, 0.1) is 5.75 Å². The topological polar surface area (TPSA) is 62.6 Å². The number of amides is 2. The zero-order valence-electron chi connectivity index (χ0n) is 16.7. The van der Waals surface area contributed by atoms with E-state index >= 15 is 0 Å². The maximum Gasteiger partial charge on any atom is 0.289 e. The van der Waals surface area contributed by atoms with E-state index in [1.807, 2.05) is 41.5 Å². The van der Waals surface area contributed by atoms with Crippen molar-refractivity contribution in [2.45, 2.75) is 38.0 Å². The molecule has 7 heteroatoms. The molecule has 0 radical (unpaired) electrons. The number of likely N-dealkylation sites (tertiary alicyclic amines) is 1. The van der Waals surface area contributed by atoms with E-state index in [2.05, 4.69) is 5.32 Å². The second-order valence-electron chi connectivity index (χ2n) is 7.37. The smallest absolute Gasteiger partial charge is 0.289 e. The molecule has 1 aromatic heterocycles. The van der Waals surface area contributed by atoms with Crippen LogP contribution in [0.15, 0.2) is 40.8 Å². The molecule has 0 spiro atoms. The van der Waals surface area contributed by atoms with Crippen LogP contribution >= 0.6 is 23.4 Å². The van der Waals surface area contributed by atoms with E-state index in [1.54, 1.807) is 17.8 Å². The molecule has 0 saturated carbocycles. The molecule has 2 amide bonds. The van der Waals surface area contributed by atoms with Crippen molar-refractivity contribution in [2.24, 2.45) is 5.92 Å². The van der Waals surface area contributed by atoms with Gasteiger partial charge >= 0.3 is 0 Å². The first-order valence-corrected chi connectivity index (χ1v) is 11.7. The third kappa shape index (κ3) is 6.28. The predicted octanol–water partition coefficient (Wildman–Crippen LogP) is 4.74. The summed E-state index contributed by atoms with van der Waals surface area (Å²) in [4.78, 5) is 26.8. The molecule has 2 heterocycles. The minimum Gasteiger partial charge on any atom is -0.455 e. The number of nitrogens with one attached hydrogen (secondary N) is 1. The summed E-state index contributed by atoms with van der Waals surface area (Å²) in [5.74, 6) is 2.29. The molecule has 1 saturated heterocycles. The highest BCUT2D eigenvalue weighted by Crippen LogP contribution is 2.24. The van der Waals surface area contributed by atoms with Gasteiger partial charge in [-0.05, 0) is 55.2 Å². The number of rotatable bonds is 8. The predicted molar refractivity (Wildman–Crippen MR) is 117 cm³/mol. The third-order valence-electron chi connectivity index (χ3n) is 5.18. The van der Waals surface area contributed by atoms with Crippen LogP contribution in [0.3, 0.4) is 0 Å². The Morgan fingerprint density at radius 1 is 1.28 bits per heavy atom. The summed E-state index contributed by atoms with van der Waals surface area (Å²) in [5.41, 5.74) is 0.913. The van der Waals surface area contributed by atoms with Crippen molar-refractivity contribution in [1.82, 2.24) is 10.2 Å². The Bertz CT molecular complexity index is 839. The second kappa shape index (κ2) is 10.7. The summed E-state index contributed by atoms with van der Waals surface area (Å²) >= 11 is 7.79. The van der Waals surface area contributed by atoms with Gasteiger partial charge in [0.15, 0.2) is 5.76 Å². The van der Waals surface area contributed by atoms with Gasteiger partial charge in [-0.1, -0.05) is 29.8 Å². The van der Waals surface area contributed by atoms with E-state index in [-0.39, 0.29) is 11.8 Å². The molecule has 3 rings (SSSR count). The molecular formula is C22H27ClN2O3S. The van der Waals surface area contributed by atoms with Crippen LogP contribution in [-0.2, 0) is 17.1 Å². The molecule has 1 atom stereocenters. The quantitative estimate of drug-likeness (QED) is 0.651. The van der Waals surface area contributed by atoms with Crippen LogP contribution in [0.5, 0.6) is 0 Å². The van der Waals surface area contributed by atoms with Gasteiger partial charge in [-0.3, -0.25) is 9.59 Å². The van der Waals surface area contributed by atoms with Gasteiger partial charge in [0.25, 0.3) is 5.91 Å². The Balaban J connectivity index is 1.44. The minimum atomic E-state index is -0.0507. The number of benzene rings is 1. The van der Waals surface area contributed by atoms with E-state index < -0.39 is 0 Å². The number of carbonyl (C=O) groups excluding carboxylic acids is 2. The first kappa shape index (κ1) is 21.8. The first-order chi connectivity index (χ1) is 14.1. The van der Waals surface area contributed by atoms with Crippen molar-refractivity contribution in [3.05, 3.63) is 58.5 Å². The highest BCUT2D eigenvalue weighted by molar-refractivity contribution is 7.97. The van der Waals surface area contributed by atoms with Gasteiger partial charge in [0.1, 0.15) is 5.76 Å². The lowest BCUT2D eigenvalue weighted by atomic mass is 9.93. The summed E-state index contributed by atoms with van der Waals surface area (Å²) < 4.78 is 5.67. The number of hydrogen-bond donors (Lipinski definition) is 1. The van der Waals surface area contributed by atoms with E-state index in [9.17, 15) is 9.59 Å². The van der Waals surface area contributed by atoms with Crippen molar-refractivity contribution in [3.8, 4) is 0 Å². The molecule has 156 valence electrons. The first-order valence-electron chi connectivity index (χ1n) is 9.94. The van der Waals surface area contributed by atoms with Gasteiger partial charge in [-0.15, -0.1) is 0 Å². The average molecular weight is 435 g/mol. The number of hydrogen-bond acceptors (Lipinski definition) is 4. The number of thioether (sulfide) groups is 1. The van der Waals surface area contributed by atoms with Crippen LogP contribution in [0.25, 0.3) is 0 Å². The van der Waals surface area contributed by atoms with E-state index in [1.165, 1.54) is 0 Å². The van der Waals surface area contributed by atoms with E-state index in [0.717, 1.165) is 42.9 Å². The fourth-order valence-electron chi connectivity index (χ4n) is 3.61. The Morgan fingerprint density at radius 2 is 2.10 bits per heavy atom. The average Bonchev–Trinajstić information content (AvgIpc) is 3.20. The van der Waals surface area contributed by atoms with Gasteiger partial charge in [-0.25, -0.2) is 0 Å². The SMILES string of the molecule is CSCc1ccc(C(=O)N2CCCC(CCC(=O)NCc3ccccc3Cl)C2)o1. The minimum absolute atomic E-state index is 0.0149. The van der Waals surface area contributed by atoms with Crippen molar-refractivity contribution in [3.63, 3.8) is 0 Å². The molecule has 2 aromatic rings. The standard InChI is InChI=1S/C22H27ClN2O3S/c1-29-15-18-9-10-20(28-18)22(27)25-12-4-5-16(14-25)8-11-21(26)24-13-17-6-2-3-7-19(17)23/h2-3,6-7,9-10,16H,4-5,8,11-15H2,1H3,(H,24,26). The van der Waals surface area contributed by atoms with Gasteiger partial charge in [0.2, 0.25) is 5.91 Å².